The van der Waals surface area contributed by atoms with Crippen molar-refractivity contribution in [3.63, 3.8) is 0 Å². The summed E-state index contributed by atoms with van der Waals surface area (Å²) in [7, 11) is 0. The minimum atomic E-state index is 0.188. The third kappa shape index (κ3) is 2.08. The van der Waals surface area contributed by atoms with E-state index in [9.17, 15) is 0 Å². The zero-order valence-electron chi connectivity index (χ0n) is 10.9. The maximum atomic E-state index is 6.44. The molecule has 6 heteroatoms. The number of nitrogens with two attached hydrogens (primary N) is 1. The first-order valence-corrected chi connectivity index (χ1v) is 7.80. The summed E-state index contributed by atoms with van der Waals surface area (Å²) in [5, 5.41) is 2.06. The van der Waals surface area contributed by atoms with Crippen LogP contribution in [0.15, 0.2) is 17.8 Å². The minimum absolute atomic E-state index is 0.188. The molecule has 3 saturated heterocycles. The lowest BCUT2D eigenvalue weighted by Gasteiger charge is -2.49. The standard InChI is InChI=1S/C13H19N5S/c14-11(12-9-16-1-3-17(12)4-2-16)7-10-8-18-5-6-19-13(18)15-10/h5-6,8,11-12H,1-4,7,9,14H2. The van der Waals surface area contributed by atoms with Crippen molar-refractivity contribution in [2.24, 2.45) is 5.73 Å². The van der Waals surface area contributed by atoms with E-state index >= 15 is 0 Å². The van der Waals surface area contributed by atoms with Crippen LogP contribution in [0, 0.1) is 0 Å². The zero-order valence-corrected chi connectivity index (χ0v) is 11.7. The quantitative estimate of drug-likeness (QED) is 0.875. The van der Waals surface area contributed by atoms with E-state index in [1.165, 1.54) is 26.2 Å². The summed E-state index contributed by atoms with van der Waals surface area (Å²) in [4.78, 5) is 10.8. The Balaban J connectivity index is 1.48. The molecule has 0 aromatic carbocycles. The van der Waals surface area contributed by atoms with Gasteiger partial charge < -0.3 is 5.73 Å². The van der Waals surface area contributed by atoms with E-state index < -0.39 is 0 Å². The second-order valence-corrected chi connectivity index (χ2v) is 6.47. The van der Waals surface area contributed by atoms with E-state index in [1.54, 1.807) is 11.3 Å². The van der Waals surface area contributed by atoms with E-state index in [-0.39, 0.29) is 6.04 Å². The Morgan fingerprint density at radius 2 is 2.21 bits per heavy atom. The number of imidazole rings is 1. The van der Waals surface area contributed by atoms with Crippen LogP contribution in [0.4, 0.5) is 0 Å². The highest BCUT2D eigenvalue weighted by molar-refractivity contribution is 7.15. The molecule has 0 saturated carbocycles. The van der Waals surface area contributed by atoms with Crippen LogP contribution in [0.5, 0.6) is 0 Å². The molecule has 102 valence electrons. The zero-order chi connectivity index (χ0) is 12.8. The molecule has 19 heavy (non-hydrogen) atoms. The molecule has 0 amide bonds. The molecule has 3 aliphatic rings. The van der Waals surface area contributed by atoms with Gasteiger partial charge in [0, 0.05) is 69.0 Å². The summed E-state index contributed by atoms with van der Waals surface area (Å²) in [6.45, 7) is 5.91. The van der Waals surface area contributed by atoms with Gasteiger partial charge in [0.25, 0.3) is 0 Å². The first-order chi connectivity index (χ1) is 9.29. The SMILES string of the molecule is NC(Cc1cn2ccsc2n1)C1CN2CCN1CC2. The normalized spacial score (nSPS) is 31.9. The van der Waals surface area contributed by atoms with E-state index in [1.807, 2.05) is 0 Å². The van der Waals surface area contributed by atoms with Gasteiger partial charge in [-0.05, 0) is 0 Å². The summed E-state index contributed by atoms with van der Waals surface area (Å²) in [6, 6.07) is 0.690. The highest BCUT2D eigenvalue weighted by Gasteiger charge is 2.35. The molecule has 0 spiro atoms. The van der Waals surface area contributed by atoms with Crippen molar-refractivity contribution in [2.75, 3.05) is 32.7 Å². The molecule has 5 rings (SSSR count). The summed E-state index contributed by atoms with van der Waals surface area (Å²) in [5.74, 6) is 0. The molecule has 2 atom stereocenters. The number of nitrogens with zero attached hydrogens (tertiary/aromatic N) is 4. The Labute approximate surface area is 116 Å². The third-order valence-corrected chi connectivity index (χ3v) is 5.17. The van der Waals surface area contributed by atoms with Gasteiger partial charge in [0.15, 0.2) is 4.96 Å². The van der Waals surface area contributed by atoms with Crippen molar-refractivity contribution in [3.05, 3.63) is 23.5 Å². The molecular weight excluding hydrogens is 258 g/mol. The summed E-state index contributed by atoms with van der Waals surface area (Å²) in [6.07, 6.45) is 5.05. The molecule has 2 unspecified atom stereocenters. The Hall–Kier alpha value is -0.950. The Morgan fingerprint density at radius 3 is 2.89 bits per heavy atom. The molecule has 3 aliphatic heterocycles. The molecule has 5 nitrogen and oxygen atoms in total. The Bertz CT molecular complexity index is 540. The highest BCUT2D eigenvalue weighted by atomic mass is 32.1. The average Bonchev–Trinajstić information content (AvgIpc) is 3.01. The molecule has 3 fully saturated rings. The smallest absolute Gasteiger partial charge is 0.193 e. The predicted molar refractivity (Wildman–Crippen MR) is 76.5 cm³/mol. The van der Waals surface area contributed by atoms with Gasteiger partial charge in [-0.3, -0.25) is 14.2 Å². The van der Waals surface area contributed by atoms with Crippen molar-refractivity contribution < 1.29 is 0 Å². The van der Waals surface area contributed by atoms with E-state index in [2.05, 4.69) is 37.0 Å². The van der Waals surface area contributed by atoms with Gasteiger partial charge in [0.05, 0.1) is 5.69 Å². The van der Waals surface area contributed by atoms with E-state index in [4.69, 9.17) is 5.73 Å². The topological polar surface area (TPSA) is 49.8 Å². The molecule has 2 aromatic heterocycles. The maximum absolute atomic E-state index is 6.44. The maximum Gasteiger partial charge on any atom is 0.193 e. The molecule has 2 aromatic rings. The number of piperazine rings is 3. The largest absolute Gasteiger partial charge is 0.326 e. The number of hydrogen-bond donors (Lipinski definition) is 1. The van der Waals surface area contributed by atoms with E-state index in [0.717, 1.165) is 23.6 Å². The Morgan fingerprint density at radius 1 is 1.37 bits per heavy atom. The number of thiazole rings is 1. The summed E-state index contributed by atoms with van der Waals surface area (Å²) < 4.78 is 2.09. The van der Waals surface area contributed by atoms with Gasteiger partial charge in [-0.25, -0.2) is 4.98 Å². The van der Waals surface area contributed by atoms with Crippen LogP contribution >= 0.6 is 11.3 Å². The van der Waals surface area contributed by atoms with Crippen LogP contribution in [0.3, 0.4) is 0 Å². The molecule has 5 heterocycles. The van der Waals surface area contributed by atoms with E-state index in [0.29, 0.717) is 6.04 Å². The minimum Gasteiger partial charge on any atom is -0.326 e. The fourth-order valence-corrected chi connectivity index (χ4v) is 4.03. The first-order valence-electron chi connectivity index (χ1n) is 6.93. The van der Waals surface area contributed by atoms with Crippen molar-refractivity contribution in [1.82, 2.24) is 19.2 Å². The Kier molecular flexibility index (Phi) is 2.84. The predicted octanol–water partition coefficient (Wildman–Crippen LogP) is 0.265. The lowest BCUT2D eigenvalue weighted by Crippen LogP contribution is -2.66. The molecule has 0 aliphatic carbocycles. The number of rotatable bonds is 3. The lowest BCUT2D eigenvalue weighted by atomic mass is 9.97. The average molecular weight is 277 g/mol. The fourth-order valence-electron chi connectivity index (χ4n) is 3.32. The monoisotopic (exact) mass is 277 g/mol. The lowest BCUT2D eigenvalue weighted by molar-refractivity contribution is 0.00248. The molecule has 2 bridgehead atoms. The number of aromatic nitrogens is 2. The van der Waals surface area contributed by atoms with Crippen LogP contribution in [-0.2, 0) is 6.42 Å². The van der Waals surface area contributed by atoms with Crippen LogP contribution in [0.25, 0.3) is 4.96 Å². The van der Waals surface area contributed by atoms with Crippen molar-refractivity contribution in [2.45, 2.75) is 18.5 Å². The van der Waals surface area contributed by atoms with Crippen LogP contribution in [0.2, 0.25) is 0 Å². The van der Waals surface area contributed by atoms with Gasteiger partial charge in [-0.15, -0.1) is 11.3 Å². The molecule has 0 radical (unpaired) electrons. The second-order valence-electron chi connectivity index (χ2n) is 5.60. The first kappa shape index (κ1) is 11.8. The van der Waals surface area contributed by atoms with Gasteiger partial charge in [-0.2, -0.15) is 0 Å². The van der Waals surface area contributed by atoms with Gasteiger partial charge in [-0.1, -0.05) is 0 Å². The summed E-state index contributed by atoms with van der Waals surface area (Å²) in [5.41, 5.74) is 7.57. The van der Waals surface area contributed by atoms with Crippen LogP contribution in [-0.4, -0.2) is 64.0 Å². The fraction of sp³-hybridized carbons (Fsp3) is 0.615. The van der Waals surface area contributed by atoms with Gasteiger partial charge in [0.1, 0.15) is 0 Å². The van der Waals surface area contributed by atoms with Crippen molar-refractivity contribution in [1.29, 1.82) is 0 Å². The van der Waals surface area contributed by atoms with Gasteiger partial charge in [0.2, 0.25) is 0 Å². The molecule has 2 N–H and O–H groups in total. The number of fused-ring (bicyclic) bond motifs is 4. The summed E-state index contributed by atoms with van der Waals surface area (Å²) >= 11 is 1.68. The third-order valence-electron chi connectivity index (χ3n) is 4.40. The number of hydrogen-bond acceptors (Lipinski definition) is 5. The van der Waals surface area contributed by atoms with Crippen LogP contribution < -0.4 is 5.73 Å². The molecular formula is C13H19N5S. The van der Waals surface area contributed by atoms with Crippen LogP contribution in [0.1, 0.15) is 5.69 Å². The van der Waals surface area contributed by atoms with Crippen molar-refractivity contribution in [3.8, 4) is 0 Å². The van der Waals surface area contributed by atoms with Crippen molar-refractivity contribution >= 4 is 16.3 Å². The van der Waals surface area contributed by atoms with Gasteiger partial charge >= 0.3 is 0 Å². The second kappa shape index (κ2) is 4.56. The highest BCUT2D eigenvalue weighted by Crippen LogP contribution is 2.20.